The summed E-state index contributed by atoms with van der Waals surface area (Å²) in [6.45, 7) is 5.90. The van der Waals surface area contributed by atoms with Crippen molar-refractivity contribution < 1.29 is 5.11 Å². The molecule has 4 heteroatoms. The van der Waals surface area contributed by atoms with E-state index in [0.717, 1.165) is 51.3 Å². The van der Waals surface area contributed by atoms with Crippen LogP contribution in [0.25, 0.3) is 0 Å². The van der Waals surface area contributed by atoms with E-state index in [1.807, 2.05) is 0 Å². The molecule has 0 aromatic heterocycles. The highest BCUT2D eigenvalue weighted by atomic mass is 16.3. The van der Waals surface area contributed by atoms with E-state index in [9.17, 15) is 5.11 Å². The van der Waals surface area contributed by atoms with E-state index in [-0.39, 0.29) is 0 Å². The second-order valence-electron chi connectivity index (χ2n) is 7.83. The minimum Gasteiger partial charge on any atom is -0.388 e. The summed E-state index contributed by atoms with van der Waals surface area (Å²) in [6.07, 6.45) is 12.5. The summed E-state index contributed by atoms with van der Waals surface area (Å²) in [5.41, 5.74) is 0.0155. The molecule has 0 aromatic rings. The van der Waals surface area contributed by atoms with E-state index in [2.05, 4.69) is 17.1 Å². The molecule has 0 unspecified atom stereocenters. The van der Waals surface area contributed by atoms with Gasteiger partial charge < -0.3 is 15.3 Å². The molecule has 3 aliphatic rings. The van der Waals surface area contributed by atoms with Gasteiger partial charge in [0.1, 0.15) is 0 Å². The van der Waals surface area contributed by atoms with Crippen LogP contribution in [0.1, 0.15) is 71.1 Å². The fourth-order valence-corrected chi connectivity index (χ4v) is 4.66. The van der Waals surface area contributed by atoms with Crippen LogP contribution in [-0.2, 0) is 0 Å². The third-order valence-corrected chi connectivity index (χ3v) is 6.04. The van der Waals surface area contributed by atoms with Gasteiger partial charge in [0.25, 0.3) is 0 Å². The molecule has 0 aromatic carbocycles. The van der Waals surface area contributed by atoms with Crippen LogP contribution in [0.4, 0.5) is 0 Å². The first-order chi connectivity index (χ1) is 10.6. The number of nitrogens with one attached hydrogen (secondary N) is 1. The normalized spacial score (nSPS) is 27.5. The Balaban J connectivity index is 1.63. The van der Waals surface area contributed by atoms with Crippen LogP contribution in [-0.4, -0.2) is 47.7 Å². The first-order valence-electron chi connectivity index (χ1n) is 9.41. The van der Waals surface area contributed by atoms with Gasteiger partial charge >= 0.3 is 0 Å². The van der Waals surface area contributed by atoms with Crippen molar-refractivity contribution >= 4 is 5.96 Å². The number of hydrogen-bond donors (Lipinski definition) is 2. The zero-order valence-electron chi connectivity index (χ0n) is 14.2. The quantitative estimate of drug-likeness (QED) is 0.622. The molecule has 3 rings (SSSR count). The smallest absolute Gasteiger partial charge is 0.194 e. The molecule has 1 aliphatic heterocycles. The molecular formula is C18H33N3O. The van der Waals surface area contributed by atoms with Crippen molar-refractivity contribution in [3.63, 3.8) is 0 Å². The minimum atomic E-state index is -0.539. The third-order valence-electron chi connectivity index (χ3n) is 6.04. The van der Waals surface area contributed by atoms with Crippen molar-refractivity contribution in [2.75, 3.05) is 26.2 Å². The van der Waals surface area contributed by atoms with E-state index >= 15 is 0 Å². The predicted octanol–water partition coefficient (Wildman–Crippen LogP) is 2.91. The molecule has 3 fully saturated rings. The number of hydrogen-bond acceptors (Lipinski definition) is 2. The van der Waals surface area contributed by atoms with Crippen LogP contribution in [0.5, 0.6) is 0 Å². The van der Waals surface area contributed by atoms with Gasteiger partial charge in [0.05, 0.1) is 12.1 Å². The van der Waals surface area contributed by atoms with Crippen molar-refractivity contribution in [2.24, 2.45) is 10.4 Å². The molecule has 1 spiro atoms. The lowest BCUT2D eigenvalue weighted by atomic mass is 9.73. The zero-order chi connectivity index (χ0) is 15.5. The first kappa shape index (κ1) is 16.1. The third kappa shape index (κ3) is 3.58. The molecule has 2 N–H and O–H groups in total. The maximum absolute atomic E-state index is 10.5. The molecule has 2 saturated carbocycles. The van der Waals surface area contributed by atoms with Crippen molar-refractivity contribution in [3.05, 3.63) is 0 Å². The van der Waals surface area contributed by atoms with Crippen LogP contribution in [0, 0.1) is 5.41 Å². The molecule has 0 amide bonds. The lowest BCUT2D eigenvalue weighted by Gasteiger charge is -2.34. The van der Waals surface area contributed by atoms with Gasteiger partial charge in [-0.3, -0.25) is 4.99 Å². The van der Waals surface area contributed by atoms with Gasteiger partial charge in [-0.05, 0) is 44.4 Å². The monoisotopic (exact) mass is 307 g/mol. The molecule has 1 heterocycles. The molecule has 22 heavy (non-hydrogen) atoms. The number of rotatable bonds is 3. The van der Waals surface area contributed by atoms with Gasteiger partial charge in [0.2, 0.25) is 0 Å². The number of aliphatic imine (C=N–C) groups is 1. The fraction of sp³-hybridized carbons (Fsp3) is 0.944. The summed E-state index contributed by atoms with van der Waals surface area (Å²) in [7, 11) is 0. The fourth-order valence-electron chi connectivity index (χ4n) is 4.66. The van der Waals surface area contributed by atoms with Crippen LogP contribution in [0.2, 0.25) is 0 Å². The Kier molecular flexibility index (Phi) is 4.96. The minimum absolute atomic E-state index is 0.539. The molecule has 126 valence electrons. The van der Waals surface area contributed by atoms with Gasteiger partial charge in [0.15, 0.2) is 5.96 Å². The summed E-state index contributed by atoms with van der Waals surface area (Å²) < 4.78 is 0. The summed E-state index contributed by atoms with van der Waals surface area (Å²) in [4.78, 5) is 7.26. The van der Waals surface area contributed by atoms with Gasteiger partial charge in [-0.2, -0.15) is 0 Å². The van der Waals surface area contributed by atoms with Crippen LogP contribution in [0.3, 0.4) is 0 Å². The highest BCUT2D eigenvalue weighted by molar-refractivity contribution is 5.80. The van der Waals surface area contributed by atoms with Crippen molar-refractivity contribution in [1.82, 2.24) is 10.2 Å². The average Bonchev–Trinajstić information content (AvgIpc) is 3.12. The van der Waals surface area contributed by atoms with Crippen molar-refractivity contribution in [1.29, 1.82) is 0 Å². The van der Waals surface area contributed by atoms with Crippen LogP contribution >= 0.6 is 0 Å². The van der Waals surface area contributed by atoms with Crippen molar-refractivity contribution in [2.45, 2.75) is 76.7 Å². The van der Waals surface area contributed by atoms with E-state index in [1.165, 1.54) is 38.5 Å². The second kappa shape index (κ2) is 6.77. The second-order valence-corrected chi connectivity index (χ2v) is 7.83. The average molecular weight is 307 g/mol. The van der Waals surface area contributed by atoms with E-state index < -0.39 is 5.60 Å². The summed E-state index contributed by atoms with van der Waals surface area (Å²) >= 11 is 0. The standard InChI is InChI=1S/C18H33N3O/c1-2-19-16(20-14-18(22)10-6-7-11-18)21-13-12-17(15-21)8-4-3-5-9-17/h22H,2-15H2,1H3,(H,19,20). The zero-order valence-corrected chi connectivity index (χ0v) is 14.2. The van der Waals surface area contributed by atoms with Crippen molar-refractivity contribution in [3.8, 4) is 0 Å². The lowest BCUT2D eigenvalue weighted by Crippen LogP contribution is -2.43. The van der Waals surface area contributed by atoms with Crippen LogP contribution in [0.15, 0.2) is 4.99 Å². The molecule has 1 saturated heterocycles. The Morgan fingerprint density at radius 2 is 1.73 bits per heavy atom. The number of aliphatic hydroxyl groups is 1. The Morgan fingerprint density at radius 1 is 1.05 bits per heavy atom. The predicted molar refractivity (Wildman–Crippen MR) is 91.1 cm³/mol. The molecule has 2 aliphatic carbocycles. The SMILES string of the molecule is CCNC(=NCC1(O)CCCC1)N1CCC2(CCCCC2)C1. The maximum Gasteiger partial charge on any atom is 0.194 e. The topological polar surface area (TPSA) is 47.9 Å². The molecule has 4 nitrogen and oxygen atoms in total. The number of nitrogens with zero attached hydrogens (tertiary/aromatic N) is 2. The number of guanidine groups is 1. The summed E-state index contributed by atoms with van der Waals surface area (Å²) in [5.74, 6) is 1.03. The van der Waals surface area contributed by atoms with E-state index in [1.54, 1.807) is 0 Å². The Bertz CT molecular complexity index is 395. The van der Waals surface area contributed by atoms with Gasteiger partial charge in [-0.1, -0.05) is 32.1 Å². The molecular weight excluding hydrogens is 274 g/mol. The molecule has 0 radical (unpaired) electrons. The summed E-state index contributed by atoms with van der Waals surface area (Å²) in [5, 5.41) is 14.0. The Morgan fingerprint density at radius 3 is 2.41 bits per heavy atom. The molecule has 0 atom stereocenters. The van der Waals surface area contributed by atoms with Gasteiger partial charge in [0, 0.05) is 19.6 Å². The summed E-state index contributed by atoms with van der Waals surface area (Å²) in [6, 6.07) is 0. The highest BCUT2D eigenvalue weighted by Crippen LogP contribution is 2.43. The van der Waals surface area contributed by atoms with Crippen LogP contribution < -0.4 is 5.32 Å². The highest BCUT2D eigenvalue weighted by Gasteiger charge is 2.40. The van der Waals surface area contributed by atoms with E-state index in [4.69, 9.17) is 4.99 Å². The lowest BCUT2D eigenvalue weighted by molar-refractivity contribution is 0.0572. The maximum atomic E-state index is 10.5. The Labute approximate surface area is 135 Å². The Hall–Kier alpha value is -0.770. The van der Waals surface area contributed by atoms with E-state index in [0.29, 0.717) is 12.0 Å². The van der Waals surface area contributed by atoms with Gasteiger partial charge in [-0.25, -0.2) is 0 Å². The number of likely N-dealkylation sites (tertiary alicyclic amines) is 1. The van der Waals surface area contributed by atoms with Gasteiger partial charge in [-0.15, -0.1) is 0 Å². The first-order valence-corrected chi connectivity index (χ1v) is 9.41. The molecule has 0 bridgehead atoms. The largest absolute Gasteiger partial charge is 0.388 e.